The summed E-state index contributed by atoms with van der Waals surface area (Å²) in [6, 6.07) is 1.74. The van der Waals surface area contributed by atoms with Crippen LogP contribution >= 0.6 is 0 Å². The van der Waals surface area contributed by atoms with Crippen LogP contribution in [0.2, 0.25) is 0 Å². The summed E-state index contributed by atoms with van der Waals surface area (Å²) in [5.74, 6) is 0.212. The zero-order valence-electron chi connectivity index (χ0n) is 12.1. The summed E-state index contributed by atoms with van der Waals surface area (Å²) < 4.78 is 7.29. The van der Waals surface area contributed by atoms with Gasteiger partial charge in [-0.3, -0.25) is 9.59 Å². The Balaban J connectivity index is 2.68. The van der Waals surface area contributed by atoms with Gasteiger partial charge in [0.25, 0.3) is 5.56 Å². The first-order valence-electron chi connectivity index (χ1n) is 6.54. The maximum Gasteiger partial charge on any atom is 0.327 e. The summed E-state index contributed by atoms with van der Waals surface area (Å²) >= 11 is 0. The Labute approximate surface area is 116 Å². The highest BCUT2D eigenvalue weighted by Crippen LogP contribution is 2.12. The number of nitrogens with zero attached hydrogens (tertiary/aromatic N) is 4. The monoisotopic (exact) mass is 278 g/mol. The third kappa shape index (κ3) is 2.43. The van der Waals surface area contributed by atoms with Crippen LogP contribution in [-0.4, -0.2) is 32.5 Å². The number of fused-ring (bicyclic) bond motifs is 1. The lowest BCUT2D eigenvalue weighted by molar-refractivity contribution is -0.141. The van der Waals surface area contributed by atoms with Crippen LogP contribution in [0.15, 0.2) is 10.9 Å². The first-order chi connectivity index (χ1) is 9.47. The van der Waals surface area contributed by atoms with E-state index in [0.29, 0.717) is 11.3 Å². The SMILES string of the molecule is CCc1cc2c(=O)n(CC(=O)OC)nc(C(C)C)n2n1. The molecule has 0 saturated heterocycles. The third-order valence-electron chi connectivity index (χ3n) is 3.04. The zero-order chi connectivity index (χ0) is 14.9. The number of aryl methyl sites for hydroxylation is 1. The van der Waals surface area contributed by atoms with Gasteiger partial charge in [0.2, 0.25) is 0 Å². The van der Waals surface area contributed by atoms with Crippen LogP contribution in [0.1, 0.15) is 38.2 Å². The molecule has 108 valence electrons. The van der Waals surface area contributed by atoms with E-state index in [4.69, 9.17) is 0 Å². The Kier molecular flexibility index (Phi) is 3.87. The van der Waals surface area contributed by atoms with Crippen LogP contribution in [0.3, 0.4) is 0 Å². The number of methoxy groups -OCH3 is 1. The van der Waals surface area contributed by atoms with Crippen LogP contribution in [0.5, 0.6) is 0 Å². The zero-order valence-corrected chi connectivity index (χ0v) is 12.1. The molecule has 0 bridgehead atoms. The van der Waals surface area contributed by atoms with Gasteiger partial charge in [-0.1, -0.05) is 20.8 Å². The van der Waals surface area contributed by atoms with Crippen molar-refractivity contribution < 1.29 is 9.53 Å². The minimum absolute atomic E-state index is 0.0756. The van der Waals surface area contributed by atoms with Gasteiger partial charge >= 0.3 is 5.97 Å². The van der Waals surface area contributed by atoms with Crippen molar-refractivity contribution >= 4 is 11.5 Å². The molecular formula is C13H18N4O3. The fraction of sp³-hybridized carbons (Fsp3) is 0.538. The Hall–Kier alpha value is -2.18. The molecule has 0 radical (unpaired) electrons. The van der Waals surface area contributed by atoms with Crippen molar-refractivity contribution in [1.29, 1.82) is 0 Å². The summed E-state index contributed by atoms with van der Waals surface area (Å²) in [4.78, 5) is 23.7. The first kappa shape index (κ1) is 14.2. The van der Waals surface area contributed by atoms with E-state index in [1.54, 1.807) is 10.6 Å². The molecule has 0 N–H and O–H groups in total. The number of hydrogen-bond acceptors (Lipinski definition) is 5. The topological polar surface area (TPSA) is 78.5 Å². The quantitative estimate of drug-likeness (QED) is 0.771. The molecule has 2 aromatic heterocycles. The van der Waals surface area contributed by atoms with Crippen molar-refractivity contribution in [3.05, 3.63) is 27.9 Å². The molecule has 20 heavy (non-hydrogen) atoms. The van der Waals surface area contributed by atoms with E-state index in [-0.39, 0.29) is 18.0 Å². The van der Waals surface area contributed by atoms with E-state index in [1.165, 1.54) is 7.11 Å². The molecule has 0 spiro atoms. The highest BCUT2D eigenvalue weighted by Gasteiger charge is 2.17. The van der Waals surface area contributed by atoms with Gasteiger partial charge in [0.1, 0.15) is 12.1 Å². The van der Waals surface area contributed by atoms with Gasteiger partial charge in [-0.25, -0.2) is 9.20 Å². The molecule has 7 nitrogen and oxygen atoms in total. The standard InChI is InChI=1S/C13H18N4O3/c1-5-9-6-10-13(19)16(7-11(18)20-4)15-12(8(2)3)17(10)14-9/h6,8H,5,7H2,1-4H3. The number of ether oxygens (including phenoxy) is 1. The number of rotatable bonds is 4. The summed E-state index contributed by atoms with van der Waals surface area (Å²) in [5.41, 5.74) is 0.915. The van der Waals surface area contributed by atoms with Gasteiger partial charge < -0.3 is 4.74 Å². The largest absolute Gasteiger partial charge is 0.468 e. The normalized spacial score (nSPS) is 11.2. The van der Waals surface area contributed by atoms with Crippen LogP contribution in [0, 0.1) is 0 Å². The van der Waals surface area contributed by atoms with Crippen LogP contribution < -0.4 is 5.56 Å². The summed E-state index contributed by atoms with van der Waals surface area (Å²) in [6.07, 6.45) is 0.732. The van der Waals surface area contributed by atoms with Gasteiger partial charge in [-0.05, 0) is 12.5 Å². The van der Waals surface area contributed by atoms with Crippen molar-refractivity contribution in [3.63, 3.8) is 0 Å². The van der Waals surface area contributed by atoms with E-state index in [9.17, 15) is 9.59 Å². The molecule has 7 heteroatoms. The second-order valence-electron chi connectivity index (χ2n) is 4.84. The summed E-state index contributed by atoms with van der Waals surface area (Å²) in [6.45, 7) is 5.69. The fourth-order valence-corrected chi connectivity index (χ4v) is 1.93. The molecule has 0 atom stereocenters. The first-order valence-corrected chi connectivity index (χ1v) is 6.54. The van der Waals surface area contributed by atoms with Crippen molar-refractivity contribution in [1.82, 2.24) is 19.4 Å². The molecule has 0 aliphatic carbocycles. The number of carbonyl (C=O) groups excluding carboxylic acids is 1. The van der Waals surface area contributed by atoms with Gasteiger partial charge in [0.15, 0.2) is 5.82 Å². The number of hydrogen-bond donors (Lipinski definition) is 0. The lowest BCUT2D eigenvalue weighted by atomic mass is 10.2. The molecule has 0 amide bonds. The molecule has 0 aliphatic heterocycles. The minimum atomic E-state index is -0.506. The molecule has 0 fully saturated rings. The number of carbonyl (C=O) groups is 1. The van der Waals surface area contributed by atoms with Crippen LogP contribution in [0.25, 0.3) is 5.52 Å². The Morgan fingerprint density at radius 1 is 1.40 bits per heavy atom. The van der Waals surface area contributed by atoms with E-state index >= 15 is 0 Å². The van der Waals surface area contributed by atoms with Gasteiger partial charge in [-0.2, -0.15) is 10.2 Å². The Morgan fingerprint density at radius 3 is 2.65 bits per heavy atom. The maximum absolute atomic E-state index is 12.3. The lowest BCUT2D eigenvalue weighted by Crippen LogP contribution is -2.31. The third-order valence-corrected chi connectivity index (χ3v) is 3.04. The predicted molar refractivity (Wildman–Crippen MR) is 72.7 cm³/mol. The molecular weight excluding hydrogens is 260 g/mol. The van der Waals surface area contributed by atoms with Gasteiger partial charge in [-0.15, -0.1) is 0 Å². The molecule has 2 heterocycles. The average molecular weight is 278 g/mol. The van der Waals surface area contributed by atoms with E-state index in [2.05, 4.69) is 14.9 Å². The van der Waals surface area contributed by atoms with Crippen molar-refractivity contribution in [2.75, 3.05) is 7.11 Å². The maximum atomic E-state index is 12.3. The molecule has 0 saturated carbocycles. The Morgan fingerprint density at radius 2 is 2.10 bits per heavy atom. The number of aromatic nitrogens is 4. The van der Waals surface area contributed by atoms with E-state index in [1.807, 2.05) is 20.8 Å². The predicted octanol–water partition coefficient (Wildman–Crippen LogP) is 0.750. The molecule has 2 rings (SSSR count). The fourth-order valence-electron chi connectivity index (χ4n) is 1.93. The second-order valence-corrected chi connectivity index (χ2v) is 4.84. The molecule has 0 aliphatic rings. The van der Waals surface area contributed by atoms with Gasteiger partial charge in [0, 0.05) is 5.92 Å². The second kappa shape index (κ2) is 5.44. The number of esters is 1. The summed E-state index contributed by atoms with van der Waals surface area (Å²) in [7, 11) is 1.28. The Bertz CT molecular complexity index is 699. The molecule has 0 unspecified atom stereocenters. The van der Waals surface area contributed by atoms with Crippen molar-refractivity contribution in [2.45, 2.75) is 39.7 Å². The van der Waals surface area contributed by atoms with E-state index < -0.39 is 5.97 Å². The van der Waals surface area contributed by atoms with Crippen LogP contribution in [0.4, 0.5) is 0 Å². The highest BCUT2D eigenvalue weighted by molar-refractivity contribution is 5.69. The van der Waals surface area contributed by atoms with Crippen molar-refractivity contribution in [2.24, 2.45) is 0 Å². The smallest absolute Gasteiger partial charge is 0.327 e. The van der Waals surface area contributed by atoms with Crippen molar-refractivity contribution in [3.8, 4) is 0 Å². The lowest BCUT2D eigenvalue weighted by Gasteiger charge is -2.10. The summed E-state index contributed by atoms with van der Waals surface area (Å²) in [5, 5.41) is 8.62. The van der Waals surface area contributed by atoms with Gasteiger partial charge in [0.05, 0.1) is 12.8 Å². The molecule has 2 aromatic rings. The average Bonchev–Trinajstić information content (AvgIpc) is 2.85. The minimum Gasteiger partial charge on any atom is -0.468 e. The van der Waals surface area contributed by atoms with Crippen LogP contribution in [-0.2, 0) is 22.5 Å². The van der Waals surface area contributed by atoms with E-state index in [0.717, 1.165) is 16.8 Å². The highest BCUT2D eigenvalue weighted by atomic mass is 16.5. The molecule has 0 aromatic carbocycles.